The van der Waals surface area contributed by atoms with Crippen molar-refractivity contribution in [2.24, 2.45) is 0 Å². The van der Waals surface area contributed by atoms with E-state index in [0.717, 1.165) is 5.52 Å². The van der Waals surface area contributed by atoms with Gasteiger partial charge in [0.05, 0.1) is 5.52 Å². The number of aromatic nitrogens is 2. The molecule has 0 fully saturated rings. The predicted octanol–water partition coefficient (Wildman–Crippen LogP) is 4.15. The molecule has 1 aromatic carbocycles. The Bertz CT molecular complexity index is 693. The molecule has 2 nitrogen and oxygen atoms in total. The average Bonchev–Trinajstić information content (AvgIpc) is 2.72. The van der Waals surface area contributed by atoms with Gasteiger partial charge in [0.25, 0.3) is 0 Å². The minimum Gasteiger partial charge on any atom is -0.365 e. The van der Waals surface area contributed by atoms with E-state index in [2.05, 4.69) is 56.2 Å². The van der Waals surface area contributed by atoms with Gasteiger partial charge in [-0.1, -0.05) is 26.0 Å². The van der Waals surface area contributed by atoms with Crippen molar-refractivity contribution in [1.29, 1.82) is 0 Å². The highest BCUT2D eigenvalue weighted by molar-refractivity contribution is 6.05. The third-order valence-corrected chi connectivity index (χ3v) is 3.23. The SMILES string of the molecule is Cc1cc2ccc3cc(C(C)C)nc3c2c[nH]1. The molecule has 2 heterocycles. The molecule has 0 radical (unpaired) electrons. The molecule has 3 aromatic rings. The van der Waals surface area contributed by atoms with Crippen LogP contribution in [0.4, 0.5) is 0 Å². The number of nitrogens with zero attached hydrogens (tertiary/aromatic N) is 1. The Labute approximate surface area is 101 Å². The molecule has 0 spiro atoms. The summed E-state index contributed by atoms with van der Waals surface area (Å²) in [6.07, 6.45) is 2.06. The summed E-state index contributed by atoms with van der Waals surface area (Å²) in [6, 6.07) is 8.69. The van der Waals surface area contributed by atoms with Crippen LogP contribution in [0.5, 0.6) is 0 Å². The van der Waals surface area contributed by atoms with Gasteiger partial charge in [0, 0.05) is 28.4 Å². The molecule has 0 bridgehead atoms. The van der Waals surface area contributed by atoms with Crippen LogP contribution in [0, 0.1) is 6.92 Å². The van der Waals surface area contributed by atoms with E-state index in [9.17, 15) is 0 Å². The van der Waals surface area contributed by atoms with Crippen LogP contribution in [0.1, 0.15) is 31.2 Å². The number of H-pyrrole nitrogens is 1. The highest BCUT2D eigenvalue weighted by atomic mass is 14.7. The van der Waals surface area contributed by atoms with Crippen LogP contribution in [0.2, 0.25) is 0 Å². The molecule has 0 saturated carbocycles. The average molecular weight is 224 g/mol. The summed E-state index contributed by atoms with van der Waals surface area (Å²) < 4.78 is 0. The second-order valence-electron chi connectivity index (χ2n) is 4.96. The second kappa shape index (κ2) is 3.59. The maximum atomic E-state index is 4.75. The van der Waals surface area contributed by atoms with Crippen molar-refractivity contribution in [2.45, 2.75) is 26.7 Å². The standard InChI is InChI=1S/C15H16N2/c1-9(2)14-7-12-5-4-11-6-10(3)16-8-13(11)15(12)17-14/h4-9,16H,1-3H3. The van der Waals surface area contributed by atoms with Crippen LogP contribution in [-0.2, 0) is 0 Å². The zero-order valence-electron chi connectivity index (χ0n) is 10.4. The van der Waals surface area contributed by atoms with Gasteiger partial charge in [-0.2, -0.15) is 0 Å². The third kappa shape index (κ3) is 1.60. The number of hydrogen-bond acceptors (Lipinski definition) is 1. The molecule has 3 rings (SSSR count). The molecule has 1 N–H and O–H groups in total. The van der Waals surface area contributed by atoms with Crippen LogP contribution in [0.3, 0.4) is 0 Å². The fraction of sp³-hybridized carbons (Fsp3) is 0.267. The molecule has 0 atom stereocenters. The van der Waals surface area contributed by atoms with Crippen molar-refractivity contribution in [3.63, 3.8) is 0 Å². The number of pyridine rings is 1. The topological polar surface area (TPSA) is 28.7 Å². The van der Waals surface area contributed by atoms with E-state index in [1.54, 1.807) is 0 Å². The molecule has 0 saturated heterocycles. The van der Waals surface area contributed by atoms with Crippen LogP contribution < -0.4 is 0 Å². The van der Waals surface area contributed by atoms with E-state index >= 15 is 0 Å². The molecule has 17 heavy (non-hydrogen) atoms. The first-order chi connectivity index (χ1) is 8.15. The van der Waals surface area contributed by atoms with Gasteiger partial charge in [0.15, 0.2) is 0 Å². The Kier molecular flexibility index (Phi) is 2.18. The molecule has 0 aliphatic carbocycles. The van der Waals surface area contributed by atoms with Crippen LogP contribution in [0.15, 0.2) is 30.5 Å². The summed E-state index contributed by atoms with van der Waals surface area (Å²) >= 11 is 0. The van der Waals surface area contributed by atoms with E-state index in [0.29, 0.717) is 5.92 Å². The summed E-state index contributed by atoms with van der Waals surface area (Å²) in [5, 5.41) is 3.70. The molecular formula is C15H16N2. The van der Waals surface area contributed by atoms with Gasteiger partial charge >= 0.3 is 0 Å². The monoisotopic (exact) mass is 224 g/mol. The molecule has 86 valence electrons. The van der Waals surface area contributed by atoms with E-state index in [1.165, 1.54) is 27.5 Å². The van der Waals surface area contributed by atoms with Crippen LogP contribution >= 0.6 is 0 Å². The normalized spacial score (nSPS) is 11.8. The number of aryl methyl sites for hydroxylation is 1. The lowest BCUT2D eigenvalue weighted by Gasteiger charge is -2.01. The number of hydrogen-bond donors (Lipinski definition) is 1. The van der Waals surface area contributed by atoms with Gasteiger partial charge in [-0.05, 0) is 30.4 Å². The number of nitrogens with one attached hydrogen (secondary N) is 1. The first-order valence-electron chi connectivity index (χ1n) is 6.03. The number of fused-ring (bicyclic) bond motifs is 3. The summed E-state index contributed by atoms with van der Waals surface area (Å²) in [6.45, 7) is 6.43. The Balaban J connectivity index is 2.38. The summed E-state index contributed by atoms with van der Waals surface area (Å²) in [4.78, 5) is 8.01. The largest absolute Gasteiger partial charge is 0.365 e. The minimum absolute atomic E-state index is 0.479. The fourth-order valence-corrected chi connectivity index (χ4v) is 2.24. The number of aromatic amines is 1. The maximum absolute atomic E-state index is 4.75. The van der Waals surface area contributed by atoms with Gasteiger partial charge < -0.3 is 4.98 Å². The summed E-state index contributed by atoms with van der Waals surface area (Å²) in [5.74, 6) is 0.479. The number of rotatable bonds is 1. The van der Waals surface area contributed by atoms with Crippen molar-refractivity contribution in [3.8, 4) is 0 Å². The smallest absolute Gasteiger partial charge is 0.0799 e. The van der Waals surface area contributed by atoms with E-state index in [-0.39, 0.29) is 0 Å². The summed E-state index contributed by atoms with van der Waals surface area (Å²) in [5.41, 5.74) is 3.46. The fourth-order valence-electron chi connectivity index (χ4n) is 2.24. The van der Waals surface area contributed by atoms with Crippen molar-refractivity contribution >= 4 is 21.7 Å². The van der Waals surface area contributed by atoms with Gasteiger partial charge in [-0.25, -0.2) is 0 Å². The first-order valence-corrected chi connectivity index (χ1v) is 6.03. The Morgan fingerprint density at radius 3 is 2.65 bits per heavy atom. The molecular weight excluding hydrogens is 208 g/mol. The molecule has 0 aliphatic rings. The quantitative estimate of drug-likeness (QED) is 0.661. The van der Waals surface area contributed by atoms with Gasteiger partial charge in [-0.15, -0.1) is 0 Å². The maximum Gasteiger partial charge on any atom is 0.0799 e. The van der Waals surface area contributed by atoms with E-state index in [1.807, 2.05) is 0 Å². The summed E-state index contributed by atoms with van der Waals surface area (Å²) in [7, 11) is 0. The lowest BCUT2D eigenvalue weighted by atomic mass is 10.1. The van der Waals surface area contributed by atoms with Crippen molar-refractivity contribution < 1.29 is 0 Å². The van der Waals surface area contributed by atoms with E-state index < -0.39 is 0 Å². The highest BCUT2D eigenvalue weighted by Crippen LogP contribution is 2.27. The zero-order chi connectivity index (χ0) is 12.0. The molecule has 0 aliphatic heterocycles. The molecule has 2 aromatic heterocycles. The molecule has 0 unspecified atom stereocenters. The predicted molar refractivity (Wildman–Crippen MR) is 72.4 cm³/mol. The minimum atomic E-state index is 0.479. The first kappa shape index (κ1) is 10.3. The Morgan fingerprint density at radius 2 is 1.88 bits per heavy atom. The lowest BCUT2D eigenvalue weighted by molar-refractivity contribution is 0.837. The molecule has 0 amide bonds. The van der Waals surface area contributed by atoms with Crippen molar-refractivity contribution in [2.75, 3.05) is 0 Å². The van der Waals surface area contributed by atoms with E-state index in [4.69, 9.17) is 4.98 Å². The van der Waals surface area contributed by atoms with Gasteiger partial charge in [-0.3, -0.25) is 4.98 Å². The van der Waals surface area contributed by atoms with Crippen molar-refractivity contribution in [1.82, 2.24) is 9.97 Å². The Hall–Kier alpha value is -1.83. The van der Waals surface area contributed by atoms with Gasteiger partial charge in [0.2, 0.25) is 0 Å². The zero-order valence-corrected chi connectivity index (χ0v) is 10.4. The van der Waals surface area contributed by atoms with Crippen LogP contribution in [-0.4, -0.2) is 9.97 Å². The van der Waals surface area contributed by atoms with Crippen molar-refractivity contribution in [3.05, 3.63) is 41.9 Å². The highest BCUT2D eigenvalue weighted by Gasteiger charge is 2.08. The van der Waals surface area contributed by atoms with Gasteiger partial charge in [0.1, 0.15) is 0 Å². The Morgan fingerprint density at radius 1 is 1.12 bits per heavy atom. The number of benzene rings is 1. The molecule has 2 heteroatoms. The second-order valence-corrected chi connectivity index (χ2v) is 4.96. The van der Waals surface area contributed by atoms with Crippen LogP contribution in [0.25, 0.3) is 21.7 Å². The lowest BCUT2D eigenvalue weighted by Crippen LogP contribution is -1.85. The third-order valence-electron chi connectivity index (χ3n) is 3.23.